The predicted octanol–water partition coefficient (Wildman–Crippen LogP) is 2.69. The summed E-state index contributed by atoms with van der Waals surface area (Å²) < 4.78 is 0. The largest absolute Gasteiger partial charge is 0.395 e. The standard InChI is InChI=1S/C14H18O2/c1-11(16)12-6-2-3-7-13(12)14(10-15)8-4-5-9-14/h2-3,6-7,15H,4-5,8-10H2,1H3. The lowest BCUT2D eigenvalue weighted by atomic mass is 9.77. The summed E-state index contributed by atoms with van der Waals surface area (Å²) in [5, 5.41) is 9.66. The van der Waals surface area contributed by atoms with Crippen molar-refractivity contribution < 1.29 is 9.90 Å². The monoisotopic (exact) mass is 218 g/mol. The van der Waals surface area contributed by atoms with Crippen LogP contribution in [-0.2, 0) is 5.41 Å². The van der Waals surface area contributed by atoms with Crippen LogP contribution in [0.5, 0.6) is 0 Å². The van der Waals surface area contributed by atoms with Gasteiger partial charge in [0, 0.05) is 11.0 Å². The van der Waals surface area contributed by atoms with E-state index >= 15 is 0 Å². The summed E-state index contributed by atoms with van der Waals surface area (Å²) in [6.07, 6.45) is 4.28. The molecule has 0 saturated heterocycles. The van der Waals surface area contributed by atoms with Gasteiger partial charge in [-0.05, 0) is 25.3 Å². The second kappa shape index (κ2) is 4.38. The molecule has 1 aliphatic carbocycles. The molecule has 1 saturated carbocycles. The topological polar surface area (TPSA) is 37.3 Å². The number of aliphatic hydroxyl groups excluding tert-OH is 1. The van der Waals surface area contributed by atoms with Gasteiger partial charge in [-0.25, -0.2) is 0 Å². The van der Waals surface area contributed by atoms with Crippen LogP contribution in [0.15, 0.2) is 24.3 Å². The Labute approximate surface area is 96.3 Å². The van der Waals surface area contributed by atoms with E-state index in [0.29, 0.717) is 0 Å². The van der Waals surface area contributed by atoms with E-state index in [1.807, 2.05) is 24.3 Å². The number of carbonyl (C=O) groups is 1. The quantitative estimate of drug-likeness (QED) is 0.792. The molecule has 0 bridgehead atoms. The van der Waals surface area contributed by atoms with Crippen molar-refractivity contribution in [2.45, 2.75) is 38.0 Å². The SMILES string of the molecule is CC(=O)c1ccccc1C1(CO)CCCC1. The van der Waals surface area contributed by atoms with Crippen LogP contribution in [0, 0.1) is 0 Å². The highest BCUT2D eigenvalue weighted by molar-refractivity contribution is 5.96. The molecule has 0 amide bonds. The number of ketones is 1. The number of benzene rings is 1. The molecule has 0 aromatic heterocycles. The number of hydrogen-bond donors (Lipinski definition) is 1. The average Bonchev–Trinajstić information content (AvgIpc) is 2.78. The Morgan fingerprint density at radius 1 is 1.31 bits per heavy atom. The van der Waals surface area contributed by atoms with Gasteiger partial charge in [-0.3, -0.25) is 4.79 Å². The van der Waals surface area contributed by atoms with Crippen molar-refractivity contribution in [1.82, 2.24) is 0 Å². The molecule has 0 spiro atoms. The smallest absolute Gasteiger partial charge is 0.160 e. The zero-order valence-corrected chi connectivity index (χ0v) is 9.70. The summed E-state index contributed by atoms with van der Waals surface area (Å²) in [6, 6.07) is 7.71. The molecule has 1 aromatic rings. The van der Waals surface area contributed by atoms with E-state index in [0.717, 1.165) is 36.8 Å². The summed E-state index contributed by atoms with van der Waals surface area (Å²) in [6.45, 7) is 1.75. The molecular weight excluding hydrogens is 200 g/mol. The van der Waals surface area contributed by atoms with Crippen molar-refractivity contribution in [2.75, 3.05) is 6.61 Å². The minimum absolute atomic E-state index is 0.0929. The molecule has 86 valence electrons. The number of hydrogen-bond acceptors (Lipinski definition) is 2. The lowest BCUT2D eigenvalue weighted by Gasteiger charge is -2.28. The van der Waals surface area contributed by atoms with Crippen molar-refractivity contribution in [1.29, 1.82) is 0 Å². The molecule has 16 heavy (non-hydrogen) atoms. The van der Waals surface area contributed by atoms with Crippen LogP contribution in [-0.4, -0.2) is 17.5 Å². The Morgan fingerprint density at radius 2 is 1.94 bits per heavy atom. The molecule has 1 N–H and O–H groups in total. The van der Waals surface area contributed by atoms with Crippen molar-refractivity contribution in [3.8, 4) is 0 Å². The minimum atomic E-state index is -0.164. The Bertz CT molecular complexity index is 389. The summed E-state index contributed by atoms with van der Waals surface area (Å²) in [5.41, 5.74) is 1.66. The average molecular weight is 218 g/mol. The van der Waals surface area contributed by atoms with Gasteiger partial charge in [-0.2, -0.15) is 0 Å². The van der Waals surface area contributed by atoms with Gasteiger partial charge in [0.05, 0.1) is 6.61 Å². The number of rotatable bonds is 3. The molecule has 2 heteroatoms. The molecule has 2 nitrogen and oxygen atoms in total. The first-order valence-corrected chi connectivity index (χ1v) is 5.91. The van der Waals surface area contributed by atoms with Gasteiger partial charge >= 0.3 is 0 Å². The fraction of sp³-hybridized carbons (Fsp3) is 0.500. The van der Waals surface area contributed by atoms with Crippen LogP contribution < -0.4 is 0 Å². The maximum Gasteiger partial charge on any atom is 0.160 e. The lowest BCUT2D eigenvalue weighted by molar-refractivity contribution is 0.101. The van der Waals surface area contributed by atoms with E-state index < -0.39 is 0 Å². The maximum absolute atomic E-state index is 11.6. The van der Waals surface area contributed by atoms with Crippen LogP contribution in [0.1, 0.15) is 48.5 Å². The third kappa shape index (κ3) is 1.78. The fourth-order valence-electron chi connectivity index (χ4n) is 2.82. The van der Waals surface area contributed by atoms with Crippen LogP contribution in [0.2, 0.25) is 0 Å². The minimum Gasteiger partial charge on any atom is -0.395 e. The Hall–Kier alpha value is -1.15. The van der Waals surface area contributed by atoms with E-state index in [1.54, 1.807) is 6.92 Å². The van der Waals surface area contributed by atoms with Crippen LogP contribution >= 0.6 is 0 Å². The first-order valence-electron chi connectivity index (χ1n) is 5.91. The van der Waals surface area contributed by atoms with Crippen molar-refractivity contribution in [3.63, 3.8) is 0 Å². The molecule has 0 heterocycles. The molecule has 1 aliphatic rings. The number of Topliss-reactive ketones (excluding diaryl/α,β-unsaturated/α-hetero) is 1. The second-order valence-electron chi connectivity index (χ2n) is 4.75. The molecule has 1 fully saturated rings. The van der Waals surface area contributed by atoms with Gasteiger partial charge in [0.25, 0.3) is 0 Å². The van der Waals surface area contributed by atoms with E-state index in [1.165, 1.54) is 0 Å². The molecule has 0 unspecified atom stereocenters. The summed E-state index contributed by atoms with van der Waals surface area (Å²) >= 11 is 0. The number of carbonyl (C=O) groups excluding carboxylic acids is 1. The van der Waals surface area contributed by atoms with Crippen molar-refractivity contribution in [2.24, 2.45) is 0 Å². The zero-order valence-electron chi connectivity index (χ0n) is 9.70. The van der Waals surface area contributed by atoms with Gasteiger partial charge in [0.2, 0.25) is 0 Å². The van der Waals surface area contributed by atoms with E-state index in [4.69, 9.17) is 0 Å². The van der Waals surface area contributed by atoms with Gasteiger partial charge in [-0.15, -0.1) is 0 Å². The van der Waals surface area contributed by atoms with Gasteiger partial charge in [0.1, 0.15) is 0 Å². The second-order valence-corrected chi connectivity index (χ2v) is 4.75. The van der Waals surface area contributed by atoms with E-state index in [-0.39, 0.29) is 17.8 Å². The Kier molecular flexibility index (Phi) is 3.10. The van der Waals surface area contributed by atoms with Crippen LogP contribution in [0.25, 0.3) is 0 Å². The highest BCUT2D eigenvalue weighted by Gasteiger charge is 2.36. The highest BCUT2D eigenvalue weighted by atomic mass is 16.3. The molecule has 0 atom stereocenters. The summed E-state index contributed by atoms with van der Waals surface area (Å²) in [5.74, 6) is 0.0929. The predicted molar refractivity (Wildman–Crippen MR) is 63.7 cm³/mol. The van der Waals surface area contributed by atoms with Crippen molar-refractivity contribution >= 4 is 5.78 Å². The molecule has 1 aromatic carbocycles. The molecule has 2 rings (SSSR count). The molecule has 0 radical (unpaired) electrons. The zero-order chi connectivity index (χ0) is 11.6. The first-order chi connectivity index (χ1) is 7.69. The number of aliphatic hydroxyl groups is 1. The lowest BCUT2D eigenvalue weighted by Crippen LogP contribution is -2.28. The third-order valence-electron chi connectivity index (χ3n) is 3.74. The summed E-state index contributed by atoms with van der Waals surface area (Å²) in [7, 11) is 0. The van der Waals surface area contributed by atoms with E-state index in [2.05, 4.69) is 0 Å². The van der Waals surface area contributed by atoms with Gasteiger partial charge in [0.15, 0.2) is 5.78 Å². The van der Waals surface area contributed by atoms with E-state index in [9.17, 15) is 9.90 Å². The van der Waals surface area contributed by atoms with Gasteiger partial charge < -0.3 is 5.11 Å². The Balaban J connectivity index is 2.49. The summed E-state index contributed by atoms with van der Waals surface area (Å²) in [4.78, 5) is 11.6. The first kappa shape index (κ1) is 11.3. The van der Waals surface area contributed by atoms with Gasteiger partial charge in [-0.1, -0.05) is 37.1 Å². The maximum atomic E-state index is 11.6. The third-order valence-corrected chi connectivity index (χ3v) is 3.74. The normalized spacial score (nSPS) is 18.6. The highest BCUT2D eigenvalue weighted by Crippen LogP contribution is 2.42. The van der Waals surface area contributed by atoms with Crippen LogP contribution in [0.4, 0.5) is 0 Å². The molecular formula is C14H18O2. The molecule has 0 aliphatic heterocycles. The van der Waals surface area contributed by atoms with Crippen molar-refractivity contribution in [3.05, 3.63) is 35.4 Å². The fourth-order valence-corrected chi connectivity index (χ4v) is 2.82. The van der Waals surface area contributed by atoms with Crippen LogP contribution in [0.3, 0.4) is 0 Å². The Morgan fingerprint density at radius 3 is 2.50 bits per heavy atom.